The van der Waals surface area contributed by atoms with E-state index in [0.717, 1.165) is 12.8 Å². The summed E-state index contributed by atoms with van der Waals surface area (Å²) in [5.74, 6) is 0.240. The first kappa shape index (κ1) is 13.5. The number of nitrogens with two attached hydrogens (primary N) is 1. The number of carbonyl (C=O) groups is 1. The van der Waals surface area contributed by atoms with Gasteiger partial charge in [-0.25, -0.2) is 4.79 Å². The molecule has 1 saturated carbocycles. The Bertz CT molecular complexity index is 502. The van der Waals surface area contributed by atoms with Gasteiger partial charge < -0.3 is 21.6 Å². The molecule has 6 nitrogen and oxygen atoms in total. The Hall–Kier alpha value is -1.95. The maximum atomic E-state index is 11.9. The predicted octanol–water partition coefficient (Wildman–Crippen LogP) is 1.99. The van der Waals surface area contributed by atoms with Gasteiger partial charge in [0.2, 0.25) is 0 Å². The number of hydrogen-bond donors (Lipinski definition) is 4. The second kappa shape index (κ2) is 5.79. The standard InChI is InChI=1S/C12H15ClN4O2/c13-8-3-1-2-4-9(8)15-12(18)16-10(7-5-6-7)11(14)17-19/h1-4,7,10,19H,5-6H2,(H2,14,17)(H2,15,16,18). The fourth-order valence-electron chi connectivity index (χ4n) is 1.79. The minimum atomic E-state index is -0.451. The normalized spacial score (nSPS) is 16.8. The van der Waals surface area contributed by atoms with Gasteiger partial charge in [-0.3, -0.25) is 0 Å². The van der Waals surface area contributed by atoms with E-state index in [9.17, 15) is 4.79 Å². The molecule has 0 bridgehead atoms. The smallest absolute Gasteiger partial charge is 0.319 e. The number of urea groups is 1. The molecule has 0 radical (unpaired) electrons. The summed E-state index contributed by atoms with van der Waals surface area (Å²) in [6.45, 7) is 0. The average molecular weight is 283 g/mol. The molecule has 19 heavy (non-hydrogen) atoms. The molecular weight excluding hydrogens is 268 g/mol. The molecule has 0 aromatic heterocycles. The van der Waals surface area contributed by atoms with Gasteiger partial charge in [-0.2, -0.15) is 0 Å². The molecule has 1 unspecified atom stereocenters. The lowest BCUT2D eigenvalue weighted by atomic mass is 10.2. The summed E-state index contributed by atoms with van der Waals surface area (Å²) in [6.07, 6.45) is 1.90. The van der Waals surface area contributed by atoms with E-state index in [2.05, 4.69) is 15.8 Å². The van der Waals surface area contributed by atoms with E-state index in [4.69, 9.17) is 22.5 Å². The first-order chi connectivity index (χ1) is 9.11. The van der Waals surface area contributed by atoms with E-state index in [0.29, 0.717) is 10.7 Å². The van der Waals surface area contributed by atoms with Crippen LogP contribution in [0, 0.1) is 5.92 Å². The molecule has 0 heterocycles. The molecule has 1 aromatic rings. The Morgan fingerprint density at radius 1 is 1.47 bits per heavy atom. The molecule has 102 valence electrons. The van der Waals surface area contributed by atoms with Crippen LogP contribution in [0.1, 0.15) is 12.8 Å². The zero-order chi connectivity index (χ0) is 13.8. The van der Waals surface area contributed by atoms with Crippen molar-refractivity contribution in [1.29, 1.82) is 0 Å². The zero-order valence-electron chi connectivity index (χ0n) is 10.1. The highest BCUT2D eigenvalue weighted by Gasteiger charge is 2.35. The lowest BCUT2D eigenvalue weighted by Gasteiger charge is -2.17. The molecule has 2 amide bonds. The van der Waals surface area contributed by atoms with Gasteiger partial charge in [0.25, 0.3) is 0 Å². The summed E-state index contributed by atoms with van der Waals surface area (Å²) < 4.78 is 0. The van der Waals surface area contributed by atoms with Gasteiger partial charge >= 0.3 is 6.03 Å². The second-order valence-electron chi connectivity index (χ2n) is 4.42. The number of amidine groups is 1. The lowest BCUT2D eigenvalue weighted by Crippen LogP contribution is -2.47. The van der Waals surface area contributed by atoms with Crippen LogP contribution < -0.4 is 16.4 Å². The summed E-state index contributed by atoms with van der Waals surface area (Å²) >= 11 is 5.94. The van der Waals surface area contributed by atoms with E-state index < -0.39 is 12.1 Å². The van der Waals surface area contributed by atoms with Gasteiger partial charge in [0.1, 0.15) is 0 Å². The Kier molecular flexibility index (Phi) is 4.11. The minimum Gasteiger partial charge on any atom is -0.409 e. The number of para-hydroxylation sites is 1. The number of hydrogen-bond acceptors (Lipinski definition) is 3. The molecule has 1 aliphatic rings. The average Bonchev–Trinajstić information content (AvgIpc) is 3.22. The molecule has 7 heteroatoms. The van der Waals surface area contributed by atoms with E-state index in [1.165, 1.54) is 0 Å². The number of oxime groups is 1. The third kappa shape index (κ3) is 3.51. The maximum absolute atomic E-state index is 11.9. The second-order valence-corrected chi connectivity index (χ2v) is 4.83. The summed E-state index contributed by atoms with van der Waals surface area (Å²) in [5.41, 5.74) is 6.07. The number of rotatable bonds is 4. The minimum absolute atomic E-state index is 0.0109. The first-order valence-corrected chi connectivity index (χ1v) is 6.29. The molecule has 2 rings (SSSR count). The third-order valence-electron chi connectivity index (χ3n) is 2.94. The Labute approximate surface area is 115 Å². The number of nitrogens with zero attached hydrogens (tertiary/aromatic N) is 1. The molecular formula is C12H15ClN4O2. The van der Waals surface area contributed by atoms with E-state index in [1.807, 2.05) is 0 Å². The van der Waals surface area contributed by atoms with Crippen LogP contribution in [0.3, 0.4) is 0 Å². The quantitative estimate of drug-likeness (QED) is 0.294. The van der Waals surface area contributed by atoms with Gasteiger partial charge in [-0.15, -0.1) is 0 Å². The van der Waals surface area contributed by atoms with Crippen LogP contribution in [0.25, 0.3) is 0 Å². The van der Waals surface area contributed by atoms with Gasteiger partial charge in [-0.05, 0) is 30.9 Å². The number of carbonyl (C=O) groups excluding carboxylic acids is 1. The van der Waals surface area contributed by atoms with Crippen molar-refractivity contribution >= 4 is 29.2 Å². The highest BCUT2D eigenvalue weighted by atomic mass is 35.5. The Morgan fingerprint density at radius 3 is 2.74 bits per heavy atom. The summed E-state index contributed by atoms with van der Waals surface area (Å²) in [6, 6.07) is 6.03. The van der Waals surface area contributed by atoms with Gasteiger partial charge in [-0.1, -0.05) is 28.9 Å². The van der Waals surface area contributed by atoms with Crippen molar-refractivity contribution in [3.05, 3.63) is 29.3 Å². The summed E-state index contributed by atoms with van der Waals surface area (Å²) in [4.78, 5) is 11.9. The zero-order valence-corrected chi connectivity index (χ0v) is 10.9. The highest BCUT2D eigenvalue weighted by Crippen LogP contribution is 2.32. The number of halogens is 1. The van der Waals surface area contributed by atoms with Crippen molar-refractivity contribution in [2.75, 3.05) is 5.32 Å². The van der Waals surface area contributed by atoms with Crippen LogP contribution in [-0.4, -0.2) is 23.1 Å². The van der Waals surface area contributed by atoms with Crippen molar-refractivity contribution in [2.45, 2.75) is 18.9 Å². The fraction of sp³-hybridized carbons (Fsp3) is 0.333. The van der Waals surface area contributed by atoms with Gasteiger partial charge in [0.15, 0.2) is 5.84 Å². The molecule has 1 fully saturated rings. The molecule has 1 atom stereocenters. The van der Waals surface area contributed by atoms with Crippen molar-refractivity contribution < 1.29 is 10.0 Å². The lowest BCUT2D eigenvalue weighted by molar-refractivity contribution is 0.249. The van der Waals surface area contributed by atoms with Crippen LogP contribution in [0.15, 0.2) is 29.4 Å². The molecule has 1 aliphatic carbocycles. The number of benzene rings is 1. The van der Waals surface area contributed by atoms with Crippen LogP contribution in [0.5, 0.6) is 0 Å². The van der Waals surface area contributed by atoms with E-state index in [-0.39, 0.29) is 11.8 Å². The Balaban J connectivity index is 1.98. The van der Waals surface area contributed by atoms with Crippen LogP contribution >= 0.6 is 11.6 Å². The maximum Gasteiger partial charge on any atom is 0.319 e. The molecule has 5 N–H and O–H groups in total. The summed E-state index contributed by atoms with van der Waals surface area (Å²) in [5, 5.41) is 17.4. The number of amides is 2. The molecule has 0 saturated heterocycles. The third-order valence-corrected chi connectivity index (χ3v) is 3.27. The van der Waals surface area contributed by atoms with E-state index in [1.54, 1.807) is 24.3 Å². The van der Waals surface area contributed by atoms with Gasteiger partial charge in [0, 0.05) is 0 Å². The largest absolute Gasteiger partial charge is 0.409 e. The van der Waals surface area contributed by atoms with Crippen molar-refractivity contribution in [3.63, 3.8) is 0 Å². The number of anilines is 1. The molecule has 0 spiro atoms. The fourth-order valence-corrected chi connectivity index (χ4v) is 1.97. The van der Waals surface area contributed by atoms with Gasteiger partial charge in [0.05, 0.1) is 16.8 Å². The van der Waals surface area contributed by atoms with E-state index >= 15 is 0 Å². The Morgan fingerprint density at radius 2 is 2.16 bits per heavy atom. The van der Waals surface area contributed by atoms with Crippen LogP contribution in [0.2, 0.25) is 5.02 Å². The van der Waals surface area contributed by atoms with Crippen LogP contribution in [0.4, 0.5) is 10.5 Å². The highest BCUT2D eigenvalue weighted by molar-refractivity contribution is 6.33. The predicted molar refractivity (Wildman–Crippen MR) is 73.5 cm³/mol. The first-order valence-electron chi connectivity index (χ1n) is 5.91. The summed E-state index contributed by atoms with van der Waals surface area (Å²) in [7, 11) is 0. The monoisotopic (exact) mass is 282 g/mol. The molecule has 0 aliphatic heterocycles. The topological polar surface area (TPSA) is 99.7 Å². The van der Waals surface area contributed by atoms with Crippen molar-refractivity contribution in [1.82, 2.24) is 5.32 Å². The SMILES string of the molecule is NC(=NO)C(NC(=O)Nc1ccccc1Cl)C1CC1. The van der Waals surface area contributed by atoms with Crippen LogP contribution in [-0.2, 0) is 0 Å². The van der Waals surface area contributed by atoms with Crippen molar-refractivity contribution in [3.8, 4) is 0 Å². The van der Waals surface area contributed by atoms with Crippen molar-refractivity contribution in [2.24, 2.45) is 16.8 Å². The molecule has 1 aromatic carbocycles. The number of nitrogens with one attached hydrogen (secondary N) is 2.